The third kappa shape index (κ3) is 3.35. The topological polar surface area (TPSA) is 64.7 Å². The summed E-state index contributed by atoms with van der Waals surface area (Å²) in [6, 6.07) is 17.8. The first-order valence-electron chi connectivity index (χ1n) is 8.59. The van der Waals surface area contributed by atoms with E-state index in [9.17, 15) is 4.79 Å². The smallest absolute Gasteiger partial charge is 0.254 e. The van der Waals surface area contributed by atoms with Crippen LogP contribution in [0.25, 0.3) is 16.7 Å². The molecule has 4 aromatic rings. The standard InChI is InChI=1S/C20H19N5O/c26-20(16-13-23-25(14-16)17-7-2-1-3-8-17)21-11-6-12-24-15-22-18-9-4-5-10-19(18)24/h1-5,7-10,13-15H,6,11-12H2,(H,21,26). The predicted molar refractivity (Wildman–Crippen MR) is 100 cm³/mol. The van der Waals surface area contributed by atoms with Crippen molar-refractivity contribution in [1.29, 1.82) is 0 Å². The molecular formula is C20H19N5O. The molecule has 0 bridgehead atoms. The molecule has 0 radical (unpaired) electrons. The van der Waals surface area contributed by atoms with Crippen molar-refractivity contribution in [2.24, 2.45) is 0 Å². The molecule has 0 saturated heterocycles. The second kappa shape index (κ2) is 7.23. The van der Waals surface area contributed by atoms with Gasteiger partial charge in [0.2, 0.25) is 0 Å². The highest BCUT2D eigenvalue weighted by Gasteiger charge is 2.09. The lowest BCUT2D eigenvalue weighted by atomic mass is 10.3. The van der Waals surface area contributed by atoms with Gasteiger partial charge in [0.15, 0.2) is 0 Å². The summed E-state index contributed by atoms with van der Waals surface area (Å²) in [5.74, 6) is -0.109. The average Bonchev–Trinajstić information content (AvgIpc) is 3.33. The lowest BCUT2D eigenvalue weighted by Gasteiger charge is -2.06. The first-order chi connectivity index (χ1) is 12.8. The number of aromatic nitrogens is 4. The Labute approximate surface area is 151 Å². The van der Waals surface area contributed by atoms with E-state index in [1.54, 1.807) is 17.1 Å². The van der Waals surface area contributed by atoms with Gasteiger partial charge in [-0.1, -0.05) is 30.3 Å². The Bertz CT molecular complexity index is 1020. The number of rotatable bonds is 6. The van der Waals surface area contributed by atoms with E-state index < -0.39 is 0 Å². The van der Waals surface area contributed by atoms with Gasteiger partial charge in [0.1, 0.15) is 0 Å². The number of para-hydroxylation sites is 3. The number of nitrogens with one attached hydrogen (secondary N) is 1. The lowest BCUT2D eigenvalue weighted by molar-refractivity contribution is 0.0953. The van der Waals surface area contributed by atoms with Gasteiger partial charge in [-0.05, 0) is 30.7 Å². The van der Waals surface area contributed by atoms with Crippen molar-refractivity contribution >= 4 is 16.9 Å². The number of hydrogen-bond acceptors (Lipinski definition) is 3. The van der Waals surface area contributed by atoms with Crippen molar-refractivity contribution in [2.45, 2.75) is 13.0 Å². The van der Waals surface area contributed by atoms with Crippen molar-refractivity contribution in [3.05, 3.63) is 78.9 Å². The molecule has 0 aliphatic rings. The molecule has 1 amide bonds. The maximum absolute atomic E-state index is 12.3. The number of aryl methyl sites for hydroxylation is 1. The molecule has 0 spiro atoms. The summed E-state index contributed by atoms with van der Waals surface area (Å²) in [7, 11) is 0. The summed E-state index contributed by atoms with van der Waals surface area (Å²) in [6.07, 6.45) is 6.01. The van der Waals surface area contributed by atoms with Crippen LogP contribution in [0.2, 0.25) is 0 Å². The van der Waals surface area contributed by atoms with Crippen LogP contribution in [-0.4, -0.2) is 31.8 Å². The summed E-state index contributed by atoms with van der Waals surface area (Å²) in [5.41, 5.74) is 3.59. The van der Waals surface area contributed by atoms with E-state index in [2.05, 4.69) is 26.0 Å². The molecule has 6 nitrogen and oxygen atoms in total. The van der Waals surface area contributed by atoms with Crippen molar-refractivity contribution in [3.63, 3.8) is 0 Å². The molecule has 1 N–H and O–H groups in total. The maximum Gasteiger partial charge on any atom is 0.254 e. The fraction of sp³-hybridized carbons (Fsp3) is 0.150. The van der Waals surface area contributed by atoms with E-state index in [-0.39, 0.29) is 5.91 Å². The summed E-state index contributed by atoms with van der Waals surface area (Å²) in [5, 5.41) is 7.20. The molecular weight excluding hydrogens is 326 g/mol. The highest BCUT2D eigenvalue weighted by molar-refractivity contribution is 5.93. The molecule has 0 fully saturated rings. The van der Waals surface area contributed by atoms with Gasteiger partial charge in [0, 0.05) is 19.3 Å². The third-order valence-electron chi connectivity index (χ3n) is 4.25. The normalized spacial score (nSPS) is 10.9. The number of hydrogen-bond donors (Lipinski definition) is 1. The fourth-order valence-corrected chi connectivity index (χ4v) is 2.90. The Balaban J connectivity index is 1.31. The highest BCUT2D eigenvalue weighted by atomic mass is 16.1. The number of nitrogens with zero attached hydrogens (tertiary/aromatic N) is 4. The molecule has 4 rings (SSSR count). The van der Waals surface area contributed by atoms with Crippen LogP contribution in [0.1, 0.15) is 16.8 Å². The minimum atomic E-state index is -0.109. The van der Waals surface area contributed by atoms with Crippen LogP contribution in [0.3, 0.4) is 0 Å². The fourth-order valence-electron chi connectivity index (χ4n) is 2.90. The molecule has 0 aliphatic carbocycles. The Hall–Kier alpha value is -3.41. The van der Waals surface area contributed by atoms with Crippen LogP contribution in [0, 0.1) is 0 Å². The second-order valence-corrected chi connectivity index (χ2v) is 6.05. The molecule has 2 aromatic carbocycles. The van der Waals surface area contributed by atoms with Gasteiger partial charge in [0.25, 0.3) is 5.91 Å². The number of amides is 1. The first kappa shape index (κ1) is 16.1. The SMILES string of the molecule is O=C(NCCCn1cnc2ccccc21)c1cnn(-c2ccccc2)c1. The van der Waals surface area contributed by atoms with Crippen LogP contribution in [0.5, 0.6) is 0 Å². The van der Waals surface area contributed by atoms with Crippen LogP contribution in [0.15, 0.2) is 73.3 Å². The van der Waals surface area contributed by atoms with Crippen LogP contribution in [-0.2, 0) is 6.54 Å². The van der Waals surface area contributed by atoms with Crippen molar-refractivity contribution in [1.82, 2.24) is 24.6 Å². The third-order valence-corrected chi connectivity index (χ3v) is 4.25. The van der Waals surface area contributed by atoms with Gasteiger partial charge in [-0.3, -0.25) is 4.79 Å². The second-order valence-electron chi connectivity index (χ2n) is 6.05. The quantitative estimate of drug-likeness (QED) is 0.546. The monoisotopic (exact) mass is 345 g/mol. The highest BCUT2D eigenvalue weighted by Crippen LogP contribution is 2.12. The van der Waals surface area contributed by atoms with Gasteiger partial charge >= 0.3 is 0 Å². The number of carbonyl (C=O) groups is 1. The zero-order chi connectivity index (χ0) is 17.8. The zero-order valence-corrected chi connectivity index (χ0v) is 14.2. The summed E-state index contributed by atoms with van der Waals surface area (Å²) in [6.45, 7) is 1.41. The van der Waals surface area contributed by atoms with E-state index in [0.29, 0.717) is 12.1 Å². The molecule has 0 aliphatic heterocycles. The number of fused-ring (bicyclic) bond motifs is 1. The van der Waals surface area contributed by atoms with Crippen LogP contribution >= 0.6 is 0 Å². The minimum Gasteiger partial charge on any atom is -0.352 e. The van der Waals surface area contributed by atoms with Gasteiger partial charge in [-0.15, -0.1) is 0 Å². The predicted octanol–water partition coefficient (Wildman–Crippen LogP) is 3.04. The molecule has 2 aromatic heterocycles. The Morgan fingerprint density at radius 3 is 2.73 bits per heavy atom. The molecule has 26 heavy (non-hydrogen) atoms. The number of carbonyl (C=O) groups excluding carboxylic acids is 1. The largest absolute Gasteiger partial charge is 0.352 e. The van der Waals surface area contributed by atoms with Crippen molar-refractivity contribution < 1.29 is 4.79 Å². The molecule has 0 atom stereocenters. The summed E-state index contributed by atoms with van der Waals surface area (Å²) < 4.78 is 3.81. The first-order valence-corrected chi connectivity index (χ1v) is 8.59. The Morgan fingerprint density at radius 2 is 1.85 bits per heavy atom. The van der Waals surface area contributed by atoms with Gasteiger partial charge in [0.05, 0.1) is 34.8 Å². The van der Waals surface area contributed by atoms with Gasteiger partial charge in [-0.25, -0.2) is 9.67 Å². The number of imidazole rings is 1. The maximum atomic E-state index is 12.3. The van der Waals surface area contributed by atoms with Gasteiger partial charge in [-0.2, -0.15) is 5.10 Å². The summed E-state index contributed by atoms with van der Waals surface area (Å²) >= 11 is 0. The Morgan fingerprint density at radius 1 is 1.04 bits per heavy atom. The van der Waals surface area contributed by atoms with Gasteiger partial charge < -0.3 is 9.88 Å². The van der Waals surface area contributed by atoms with E-state index in [1.165, 1.54) is 0 Å². The lowest BCUT2D eigenvalue weighted by Crippen LogP contribution is -2.24. The van der Waals surface area contributed by atoms with Crippen molar-refractivity contribution in [2.75, 3.05) is 6.54 Å². The molecule has 6 heteroatoms. The average molecular weight is 345 g/mol. The summed E-state index contributed by atoms with van der Waals surface area (Å²) in [4.78, 5) is 16.7. The number of benzene rings is 2. The van der Waals surface area contributed by atoms with E-state index in [4.69, 9.17) is 0 Å². The Kier molecular flexibility index (Phi) is 4.47. The zero-order valence-electron chi connectivity index (χ0n) is 14.2. The van der Waals surface area contributed by atoms with Crippen molar-refractivity contribution in [3.8, 4) is 5.69 Å². The minimum absolute atomic E-state index is 0.109. The molecule has 2 heterocycles. The van der Waals surface area contributed by atoms with Crippen LogP contribution in [0.4, 0.5) is 0 Å². The molecule has 0 saturated carbocycles. The van der Waals surface area contributed by atoms with Crippen LogP contribution < -0.4 is 5.32 Å². The van der Waals surface area contributed by atoms with E-state index in [0.717, 1.165) is 29.7 Å². The molecule has 0 unspecified atom stereocenters. The van der Waals surface area contributed by atoms with E-state index >= 15 is 0 Å². The molecule has 130 valence electrons. The van der Waals surface area contributed by atoms with E-state index in [1.807, 2.05) is 54.9 Å².